The van der Waals surface area contributed by atoms with Gasteiger partial charge in [-0.05, 0) is 36.8 Å². The van der Waals surface area contributed by atoms with Gasteiger partial charge in [-0.15, -0.1) is 0 Å². The second-order valence-electron chi connectivity index (χ2n) is 6.56. The van der Waals surface area contributed by atoms with Gasteiger partial charge in [0.25, 0.3) is 5.82 Å². The van der Waals surface area contributed by atoms with E-state index in [0.717, 1.165) is 43.3 Å². The molecular weight excluding hydrogens is 338 g/mol. The highest BCUT2D eigenvalue weighted by Gasteiger charge is 2.27. The zero-order valence-corrected chi connectivity index (χ0v) is 15.3. The first kappa shape index (κ1) is 18.0. The second kappa shape index (κ2) is 8.52. The number of nitrogens with zero attached hydrogens (tertiary/aromatic N) is 1. The summed E-state index contributed by atoms with van der Waals surface area (Å²) in [4.78, 5) is 7.04. The SMILES string of the molecule is Cc1cc(Cl)ccc1OC[C@H](O)C[NH+]1CCN(c2cccc[nH+]2)CC1. The molecule has 6 heteroatoms. The predicted octanol–water partition coefficient (Wildman–Crippen LogP) is 0.607. The molecule has 1 aliphatic rings. The van der Waals surface area contributed by atoms with Gasteiger partial charge >= 0.3 is 0 Å². The highest BCUT2D eigenvalue weighted by molar-refractivity contribution is 6.30. The molecule has 1 aromatic carbocycles. The zero-order chi connectivity index (χ0) is 17.6. The summed E-state index contributed by atoms with van der Waals surface area (Å²) in [7, 11) is 0. The molecule has 1 aromatic heterocycles. The minimum atomic E-state index is -0.472. The summed E-state index contributed by atoms with van der Waals surface area (Å²) in [6.07, 6.45) is 1.48. The van der Waals surface area contributed by atoms with Gasteiger partial charge in [-0.2, -0.15) is 0 Å². The van der Waals surface area contributed by atoms with Gasteiger partial charge in [0.1, 0.15) is 51.2 Å². The Kier molecular flexibility index (Phi) is 6.13. The number of aliphatic hydroxyl groups is 1. The number of H-pyrrole nitrogens is 1. The van der Waals surface area contributed by atoms with Gasteiger partial charge in [-0.3, -0.25) is 4.90 Å². The molecule has 2 aromatic rings. The maximum absolute atomic E-state index is 10.3. The number of aromatic nitrogens is 1. The molecule has 3 rings (SSSR count). The summed E-state index contributed by atoms with van der Waals surface area (Å²) in [6.45, 7) is 6.97. The number of pyridine rings is 1. The molecular formula is C19H26ClN3O2+2. The van der Waals surface area contributed by atoms with Crippen LogP contribution >= 0.6 is 11.6 Å². The van der Waals surface area contributed by atoms with E-state index in [-0.39, 0.29) is 0 Å². The van der Waals surface area contributed by atoms with E-state index in [2.05, 4.69) is 16.0 Å². The molecule has 0 spiro atoms. The normalized spacial score (nSPS) is 16.7. The maximum Gasteiger partial charge on any atom is 0.274 e. The third-order valence-corrected chi connectivity index (χ3v) is 4.83. The van der Waals surface area contributed by atoms with E-state index >= 15 is 0 Å². The van der Waals surface area contributed by atoms with Gasteiger partial charge in [0.15, 0.2) is 0 Å². The smallest absolute Gasteiger partial charge is 0.274 e. The Morgan fingerprint density at radius 3 is 2.76 bits per heavy atom. The van der Waals surface area contributed by atoms with Crippen molar-refractivity contribution in [2.45, 2.75) is 13.0 Å². The van der Waals surface area contributed by atoms with E-state index in [1.807, 2.05) is 37.4 Å². The van der Waals surface area contributed by atoms with Gasteiger partial charge in [0.05, 0.1) is 6.20 Å². The van der Waals surface area contributed by atoms with Crippen molar-refractivity contribution in [2.24, 2.45) is 0 Å². The average molecular weight is 364 g/mol. The van der Waals surface area contributed by atoms with Crippen molar-refractivity contribution < 1.29 is 19.7 Å². The van der Waals surface area contributed by atoms with Crippen LogP contribution in [0.2, 0.25) is 5.02 Å². The Morgan fingerprint density at radius 1 is 1.28 bits per heavy atom. The Hall–Kier alpha value is -1.82. The van der Waals surface area contributed by atoms with Crippen molar-refractivity contribution in [1.29, 1.82) is 0 Å². The van der Waals surface area contributed by atoms with Crippen LogP contribution in [0.3, 0.4) is 0 Å². The molecule has 0 aliphatic carbocycles. The van der Waals surface area contributed by atoms with Gasteiger partial charge in [-0.1, -0.05) is 17.7 Å². The van der Waals surface area contributed by atoms with Crippen molar-refractivity contribution in [3.8, 4) is 5.75 Å². The van der Waals surface area contributed by atoms with E-state index in [1.165, 1.54) is 4.90 Å². The Bertz CT molecular complexity index is 676. The largest absolute Gasteiger partial charge is 0.490 e. The first-order chi connectivity index (χ1) is 12.1. The van der Waals surface area contributed by atoms with Gasteiger partial charge in [0, 0.05) is 11.1 Å². The summed E-state index contributed by atoms with van der Waals surface area (Å²) < 4.78 is 5.75. The number of halogens is 1. The summed E-state index contributed by atoms with van der Waals surface area (Å²) in [6, 6.07) is 11.7. The lowest BCUT2D eigenvalue weighted by atomic mass is 10.2. The topological polar surface area (TPSA) is 51.3 Å². The van der Waals surface area contributed by atoms with Gasteiger partial charge in [0.2, 0.25) is 0 Å². The van der Waals surface area contributed by atoms with Crippen LogP contribution in [0, 0.1) is 6.92 Å². The summed E-state index contributed by atoms with van der Waals surface area (Å²) >= 11 is 5.95. The van der Waals surface area contributed by atoms with E-state index in [4.69, 9.17) is 16.3 Å². The quantitative estimate of drug-likeness (QED) is 0.790. The van der Waals surface area contributed by atoms with Gasteiger partial charge in [-0.25, -0.2) is 4.98 Å². The van der Waals surface area contributed by atoms with Crippen LogP contribution in [0.4, 0.5) is 5.82 Å². The molecule has 1 saturated heterocycles. The number of aromatic amines is 1. The number of benzene rings is 1. The molecule has 134 valence electrons. The lowest BCUT2D eigenvalue weighted by Crippen LogP contribution is -3.16. The third-order valence-electron chi connectivity index (χ3n) is 4.60. The van der Waals surface area contributed by atoms with Crippen LogP contribution in [-0.4, -0.2) is 50.5 Å². The second-order valence-corrected chi connectivity index (χ2v) is 7.00. The molecule has 1 fully saturated rings. The fraction of sp³-hybridized carbons (Fsp3) is 0.421. The van der Waals surface area contributed by atoms with Crippen molar-refractivity contribution in [2.75, 3.05) is 44.2 Å². The Morgan fingerprint density at radius 2 is 2.08 bits per heavy atom. The number of aliphatic hydroxyl groups excluding tert-OH is 1. The lowest BCUT2D eigenvalue weighted by molar-refractivity contribution is -0.903. The molecule has 3 N–H and O–H groups in total. The Labute approximate surface area is 153 Å². The number of piperazine rings is 1. The maximum atomic E-state index is 10.3. The van der Waals surface area contributed by atoms with Gasteiger partial charge < -0.3 is 14.7 Å². The molecule has 0 bridgehead atoms. The van der Waals surface area contributed by atoms with Crippen LogP contribution in [0.5, 0.6) is 5.75 Å². The fourth-order valence-corrected chi connectivity index (χ4v) is 3.43. The standard InChI is InChI=1S/C19H24ClN3O2/c1-15-12-16(20)5-6-18(15)25-14-17(24)13-22-8-10-23(11-9-22)19-4-2-3-7-21-19/h2-7,12,17,24H,8-11,13-14H2,1H3/p+2/t17-/m1/s1. The molecule has 0 amide bonds. The van der Waals surface area contributed by atoms with E-state index in [0.29, 0.717) is 18.2 Å². The van der Waals surface area contributed by atoms with Crippen molar-refractivity contribution in [3.63, 3.8) is 0 Å². The highest BCUT2D eigenvalue weighted by Crippen LogP contribution is 2.21. The monoisotopic (exact) mass is 363 g/mol. The molecule has 0 saturated carbocycles. The number of hydrogen-bond acceptors (Lipinski definition) is 3. The van der Waals surface area contributed by atoms with Crippen LogP contribution in [0.25, 0.3) is 0 Å². The van der Waals surface area contributed by atoms with E-state index < -0.39 is 6.10 Å². The summed E-state index contributed by atoms with van der Waals surface area (Å²) in [5, 5.41) is 11.0. The highest BCUT2D eigenvalue weighted by atomic mass is 35.5. The fourth-order valence-electron chi connectivity index (χ4n) is 3.20. The van der Waals surface area contributed by atoms with Crippen molar-refractivity contribution in [3.05, 3.63) is 53.2 Å². The van der Waals surface area contributed by atoms with E-state index in [9.17, 15) is 5.11 Å². The number of rotatable bonds is 6. The number of aryl methyl sites for hydroxylation is 1. The van der Waals surface area contributed by atoms with Crippen LogP contribution < -0.4 is 19.5 Å². The minimum Gasteiger partial charge on any atom is -0.490 e. The third kappa shape index (κ3) is 5.08. The number of ether oxygens (including phenoxy) is 1. The first-order valence-electron chi connectivity index (χ1n) is 8.74. The number of nitrogens with one attached hydrogen (secondary N) is 2. The first-order valence-corrected chi connectivity index (χ1v) is 9.12. The van der Waals surface area contributed by atoms with Crippen LogP contribution in [0.1, 0.15) is 5.56 Å². The number of anilines is 1. The van der Waals surface area contributed by atoms with Crippen LogP contribution in [-0.2, 0) is 0 Å². The van der Waals surface area contributed by atoms with Crippen molar-refractivity contribution >= 4 is 17.4 Å². The molecule has 25 heavy (non-hydrogen) atoms. The molecule has 5 nitrogen and oxygen atoms in total. The average Bonchev–Trinajstić information content (AvgIpc) is 2.62. The van der Waals surface area contributed by atoms with Crippen LogP contribution in [0.15, 0.2) is 42.6 Å². The Balaban J connectivity index is 1.42. The molecule has 0 unspecified atom stereocenters. The summed E-state index contributed by atoms with van der Waals surface area (Å²) in [5.74, 6) is 1.94. The predicted molar refractivity (Wildman–Crippen MR) is 98.5 cm³/mol. The molecule has 1 aliphatic heterocycles. The number of quaternary nitrogens is 1. The molecule has 1 atom stereocenters. The van der Waals surface area contributed by atoms with Crippen molar-refractivity contribution in [1.82, 2.24) is 0 Å². The molecule has 2 heterocycles. The lowest BCUT2D eigenvalue weighted by Gasteiger charge is -2.29. The number of hydrogen-bond donors (Lipinski definition) is 2. The minimum absolute atomic E-state index is 0.308. The molecule has 0 radical (unpaired) electrons. The summed E-state index contributed by atoms with van der Waals surface area (Å²) in [5.41, 5.74) is 0.986. The van der Waals surface area contributed by atoms with E-state index in [1.54, 1.807) is 6.07 Å². The zero-order valence-electron chi connectivity index (χ0n) is 14.5.